The van der Waals surface area contributed by atoms with Gasteiger partial charge < -0.3 is 20.1 Å². The van der Waals surface area contributed by atoms with E-state index in [4.69, 9.17) is 4.74 Å². The molecule has 0 heterocycles. The van der Waals surface area contributed by atoms with E-state index in [2.05, 4.69) is 0 Å². The Kier molecular flexibility index (Phi) is 6.19. The molecule has 0 aromatic heterocycles. The molecule has 8 atom stereocenters. The van der Waals surface area contributed by atoms with Crippen molar-refractivity contribution in [3.63, 3.8) is 0 Å². The number of esters is 1. The fourth-order valence-corrected chi connectivity index (χ4v) is 7.62. The van der Waals surface area contributed by atoms with Gasteiger partial charge in [0.2, 0.25) is 11.4 Å². The first-order valence-corrected chi connectivity index (χ1v) is 12.3. The maximum atomic E-state index is 17.2. The fraction of sp³-hybridized carbons (Fsp3) is 0.731. The van der Waals surface area contributed by atoms with Crippen molar-refractivity contribution in [2.75, 3.05) is 6.61 Å². The lowest BCUT2D eigenvalue weighted by molar-refractivity contribution is -0.231. The van der Waals surface area contributed by atoms with E-state index in [-0.39, 0.29) is 25.0 Å². The second kappa shape index (κ2) is 8.35. The molecule has 8 heteroatoms. The number of carbonyl (C=O) groups excluding carboxylic acids is 3. The van der Waals surface area contributed by atoms with Crippen LogP contribution in [0.3, 0.4) is 0 Å². The van der Waals surface area contributed by atoms with Gasteiger partial charge in [-0.1, -0.05) is 31.9 Å². The number of alkyl halides is 1. The molecule has 0 spiro atoms. The Morgan fingerprint density at radius 2 is 1.91 bits per heavy atom. The summed E-state index contributed by atoms with van der Waals surface area (Å²) >= 11 is 0. The number of aliphatic hydroxyl groups excluding tert-OH is 3. The molecule has 34 heavy (non-hydrogen) atoms. The van der Waals surface area contributed by atoms with Crippen LogP contribution in [0, 0.1) is 22.7 Å². The predicted octanol–water partition coefficient (Wildman–Crippen LogP) is 2.36. The number of unbranched alkanes of at least 4 members (excludes halogenated alkanes) is 1. The minimum atomic E-state index is -2.14. The third-order valence-corrected chi connectivity index (χ3v) is 9.39. The van der Waals surface area contributed by atoms with Crippen molar-refractivity contribution in [1.29, 1.82) is 0 Å². The van der Waals surface area contributed by atoms with Gasteiger partial charge in [0.15, 0.2) is 11.5 Å². The predicted molar refractivity (Wildman–Crippen MR) is 120 cm³/mol. The van der Waals surface area contributed by atoms with E-state index in [0.29, 0.717) is 24.8 Å². The molecule has 3 saturated carbocycles. The summed E-state index contributed by atoms with van der Waals surface area (Å²) in [6.45, 7) is 4.30. The number of carbonyl (C=O) groups is 3. The second-order valence-corrected chi connectivity index (χ2v) is 10.9. The van der Waals surface area contributed by atoms with Crippen molar-refractivity contribution in [3.8, 4) is 0 Å². The number of allylic oxidation sites excluding steroid dienone is 4. The third kappa shape index (κ3) is 3.07. The monoisotopic (exact) mass is 478 g/mol. The lowest BCUT2D eigenvalue weighted by Crippen LogP contribution is -2.70. The molecule has 4 rings (SSSR count). The van der Waals surface area contributed by atoms with Gasteiger partial charge in [0.25, 0.3) is 0 Å². The number of halogens is 1. The van der Waals surface area contributed by atoms with Gasteiger partial charge in [-0.25, -0.2) is 4.39 Å². The standard InChI is InChI=1S/C26H35FO7/c1-4-5-6-22(33)34-26(21(32)14-28)19(30)12-18-17-8-7-15-11-16(29)9-10-23(15,2)25(17,27)20(31)13-24(18,26)3/h9-11,17-20,28,30-31H,4-8,12-14H2,1-3H3. The number of hydrogen-bond donors (Lipinski definition) is 3. The van der Waals surface area contributed by atoms with Gasteiger partial charge >= 0.3 is 5.97 Å². The molecule has 0 radical (unpaired) electrons. The molecule has 4 aliphatic rings. The second-order valence-electron chi connectivity index (χ2n) is 10.9. The van der Waals surface area contributed by atoms with Crippen LogP contribution in [0.25, 0.3) is 0 Å². The molecule has 0 aliphatic heterocycles. The molecular formula is C26H35FO7. The van der Waals surface area contributed by atoms with Crippen LogP contribution in [0.4, 0.5) is 4.39 Å². The molecule has 0 bridgehead atoms. The number of ketones is 2. The highest BCUT2D eigenvalue weighted by molar-refractivity contribution is 6.01. The van der Waals surface area contributed by atoms with E-state index in [9.17, 15) is 29.7 Å². The first-order valence-electron chi connectivity index (χ1n) is 12.3. The molecule has 0 aromatic rings. The highest BCUT2D eigenvalue weighted by Crippen LogP contribution is 2.70. The summed E-state index contributed by atoms with van der Waals surface area (Å²) in [4.78, 5) is 37.8. The number of Topliss-reactive ketones (excluding diaryl/α,β-unsaturated/α-hetero) is 1. The van der Waals surface area contributed by atoms with E-state index in [0.717, 1.165) is 6.42 Å². The highest BCUT2D eigenvalue weighted by Gasteiger charge is 2.77. The Bertz CT molecular complexity index is 959. The van der Waals surface area contributed by atoms with E-state index in [1.54, 1.807) is 13.8 Å². The highest BCUT2D eigenvalue weighted by atomic mass is 19.1. The van der Waals surface area contributed by atoms with Gasteiger partial charge in [-0.3, -0.25) is 14.4 Å². The van der Waals surface area contributed by atoms with Crippen molar-refractivity contribution in [3.05, 3.63) is 23.8 Å². The van der Waals surface area contributed by atoms with E-state index >= 15 is 4.39 Å². The number of hydrogen-bond acceptors (Lipinski definition) is 7. The Morgan fingerprint density at radius 3 is 2.56 bits per heavy atom. The average Bonchev–Trinajstić information content (AvgIpc) is 3.00. The quantitative estimate of drug-likeness (QED) is 0.501. The lowest BCUT2D eigenvalue weighted by atomic mass is 9.44. The summed E-state index contributed by atoms with van der Waals surface area (Å²) in [6.07, 6.45) is 3.16. The van der Waals surface area contributed by atoms with Crippen LogP contribution in [-0.4, -0.2) is 62.9 Å². The largest absolute Gasteiger partial charge is 0.447 e. The number of fused-ring (bicyclic) bond motifs is 5. The van der Waals surface area contributed by atoms with Gasteiger partial charge in [0, 0.05) is 23.2 Å². The molecule has 3 fully saturated rings. The van der Waals surface area contributed by atoms with E-state index in [1.807, 2.05) is 6.92 Å². The average molecular weight is 479 g/mol. The minimum Gasteiger partial charge on any atom is -0.447 e. The van der Waals surface area contributed by atoms with Crippen LogP contribution in [0.15, 0.2) is 23.8 Å². The van der Waals surface area contributed by atoms with Crippen molar-refractivity contribution in [1.82, 2.24) is 0 Å². The summed E-state index contributed by atoms with van der Waals surface area (Å²) in [7, 11) is 0. The topological polar surface area (TPSA) is 121 Å². The molecule has 188 valence electrons. The van der Waals surface area contributed by atoms with Crippen LogP contribution >= 0.6 is 0 Å². The molecule has 8 unspecified atom stereocenters. The Hall–Kier alpha value is -1.90. The lowest BCUT2D eigenvalue weighted by Gasteiger charge is -2.62. The zero-order valence-electron chi connectivity index (χ0n) is 20.1. The van der Waals surface area contributed by atoms with Gasteiger partial charge in [-0.15, -0.1) is 0 Å². The molecule has 7 nitrogen and oxygen atoms in total. The van der Waals surface area contributed by atoms with Crippen LogP contribution in [0.2, 0.25) is 0 Å². The maximum absolute atomic E-state index is 17.2. The third-order valence-electron chi connectivity index (χ3n) is 9.39. The maximum Gasteiger partial charge on any atom is 0.306 e. The van der Waals surface area contributed by atoms with Crippen molar-refractivity contribution >= 4 is 17.5 Å². The van der Waals surface area contributed by atoms with Gasteiger partial charge in [0.05, 0.1) is 6.10 Å². The number of ether oxygens (including phenoxy) is 1. The Labute approximate surface area is 199 Å². The van der Waals surface area contributed by atoms with Crippen LogP contribution in [0.1, 0.15) is 65.7 Å². The normalized spacial score (nSPS) is 45.1. The van der Waals surface area contributed by atoms with Crippen LogP contribution in [0.5, 0.6) is 0 Å². The van der Waals surface area contributed by atoms with E-state index in [1.165, 1.54) is 18.2 Å². The summed E-state index contributed by atoms with van der Waals surface area (Å²) in [6, 6.07) is 0. The van der Waals surface area contributed by atoms with Gasteiger partial charge in [-0.05, 0) is 57.1 Å². The summed E-state index contributed by atoms with van der Waals surface area (Å²) < 4.78 is 22.9. The van der Waals surface area contributed by atoms with Gasteiger partial charge in [-0.2, -0.15) is 0 Å². The number of aliphatic hydroxyl groups is 3. The van der Waals surface area contributed by atoms with Crippen molar-refractivity contribution in [2.45, 2.75) is 89.2 Å². The summed E-state index contributed by atoms with van der Waals surface area (Å²) in [5.41, 5.74) is -6.06. The van der Waals surface area contributed by atoms with Crippen molar-refractivity contribution in [2.24, 2.45) is 22.7 Å². The first-order chi connectivity index (χ1) is 15.9. The fourth-order valence-electron chi connectivity index (χ4n) is 7.62. The molecule has 0 aromatic carbocycles. The summed E-state index contributed by atoms with van der Waals surface area (Å²) in [5.74, 6) is -3.05. The van der Waals surface area contributed by atoms with E-state index < -0.39 is 64.5 Å². The van der Waals surface area contributed by atoms with Crippen molar-refractivity contribution < 1.29 is 38.8 Å². The Balaban J connectivity index is 1.80. The zero-order chi connectivity index (χ0) is 25.1. The smallest absolute Gasteiger partial charge is 0.306 e. The number of rotatable bonds is 6. The van der Waals surface area contributed by atoms with Gasteiger partial charge in [0.1, 0.15) is 12.7 Å². The minimum absolute atomic E-state index is 0.00409. The Morgan fingerprint density at radius 1 is 1.21 bits per heavy atom. The molecular weight excluding hydrogens is 443 g/mol. The molecule has 4 aliphatic carbocycles. The molecule has 3 N–H and O–H groups in total. The molecule has 0 saturated heterocycles. The SMILES string of the molecule is CCCCC(=O)OC1(C(=O)CO)C(O)CC2C3CCC4=CC(=O)C=CC4(C)C3(F)C(O)CC21C. The van der Waals surface area contributed by atoms with Crippen LogP contribution < -0.4 is 0 Å². The zero-order valence-corrected chi connectivity index (χ0v) is 20.1. The molecule has 0 amide bonds. The van der Waals surface area contributed by atoms with Crippen LogP contribution in [-0.2, 0) is 19.1 Å². The summed E-state index contributed by atoms with van der Waals surface area (Å²) in [5, 5.41) is 32.4. The first kappa shape index (κ1) is 25.2.